The predicted molar refractivity (Wildman–Crippen MR) is 116 cm³/mol. The number of nitrogens with one attached hydrogen (secondary N) is 1. The van der Waals surface area contributed by atoms with Crippen LogP contribution >= 0.6 is 0 Å². The molecule has 0 aromatic heterocycles. The van der Waals surface area contributed by atoms with Gasteiger partial charge in [-0.25, -0.2) is 8.42 Å². The highest BCUT2D eigenvalue weighted by atomic mass is 32.2. The van der Waals surface area contributed by atoms with Gasteiger partial charge < -0.3 is 10.2 Å². The Morgan fingerprint density at radius 2 is 1.70 bits per heavy atom. The van der Waals surface area contributed by atoms with Gasteiger partial charge in [0.15, 0.2) is 0 Å². The zero-order chi connectivity index (χ0) is 21.3. The average Bonchev–Trinajstić information content (AvgIpc) is 3.37. The average molecular weight is 428 g/mol. The van der Waals surface area contributed by atoms with Crippen LogP contribution in [0.1, 0.15) is 45.5 Å². The molecule has 7 nitrogen and oxygen atoms in total. The number of hydrogen-bond donors (Lipinski definition) is 1. The van der Waals surface area contributed by atoms with Crippen LogP contribution in [-0.2, 0) is 10.0 Å². The largest absolute Gasteiger partial charge is 0.339 e. The van der Waals surface area contributed by atoms with Crippen LogP contribution in [0.15, 0.2) is 42.5 Å². The Hall–Kier alpha value is -2.87. The molecule has 0 aliphatic carbocycles. The number of nitrogens with zero attached hydrogens (tertiary/aromatic N) is 2. The molecule has 158 valence electrons. The first-order chi connectivity index (χ1) is 14.4. The lowest BCUT2D eigenvalue weighted by Crippen LogP contribution is -2.29. The molecule has 2 heterocycles. The van der Waals surface area contributed by atoms with Crippen LogP contribution in [0, 0.1) is 6.92 Å². The van der Waals surface area contributed by atoms with E-state index in [0.717, 1.165) is 31.5 Å². The summed E-state index contributed by atoms with van der Waals surface area (Å²) in [4.78, 5) is 27.8. The monoisotopic (exact) mass is 427 g/mol. The first-order valence-corrected chi connectivity index (χ1v) is 11.8. The minimum Gasteiger partial charge on any atom is -0.339 e. The molecular formula is C22H25N3O4S. The lowest BCUT2D eigenvalue weighted by atomic mass is 10.0. The quantitative estimate of drug-likeness (QED) is 0.813. The van der Waals surface area contributed by atoms with Crippen LogP contribution in [0.3, 0.4) is 0 Å². The number of benzene rings is 2. The fourth-order valence-electron chi connectivity index (χ4n) is 4.06. The zero-order valence-corrected chi connectivity index (χ0v) is 17.7. The predicted octanol–water partition coefficient (Wildman–Crippen LogP) is 3.02. The van der Waals surface area contributed by atoms with Crippen LogP contribution in [0.2, 0.25) is 0 Å². The molecular weight excluding hydrogens is 402 g/mol. The van der Waals surface area contributed by atoms with Gasteiger partial charge in [-0.1, -0.05) is 18.2 Å². The van der Waals surface area contributed by atoms with E-state index in [0.29, 0.717) is 35.5 Å². The molecule has 2 aromatic rings. The van der Waals surface area contributed by atoms with Crippen LogP contribution in [0.25, 0.3) is 0 Å². The van der Waals surface area contributed by atoms with Crippen LogP contribution in [-0.4, -0.2) is 50.5 Å². The summed E-state index contributed by atoms with van der Waals surface area (Å²) in [5.41, 5.74) is 2.61. The van der Waals surface area contributed by atoms with Crippen LogP contribution in [0.5, 0.6) is 0 Å². The first kappa shape index (κ1) is 20.4. The summed E-state index contributed by atoms with van der Waals surface area (Å²) < 4.78 is 25.7. The Balaban J connectivity index is 1.60. The number of rotatable bonds is 4. The van der Waals surface area contributed by atoms with E-state index < -0.39 is 10.0 Å². The van der Waals surface area contributed by atoms with Crippen LogP contribution in [0.4, 0.5) is 11.4 Å². The maximum absolute atomic E-state index is 13.0. The minimum atomic E-state index is -3.32. The smallest absolute Gasteiger partial charge is 0.256 e. The second kappa shape index (κ2) is 8.10. The number of aryl methyl sites for hydroxylation is 1. The summed E-state index contributed by atoms with van der Waals surface area (Å²) in [6.45, 7) is 3.73. The van der Waals surface area contributed by atoms with Gasteiger partial charge in [0.2, 0.25) is 10.0 Å². The second-order valence-corrected chi connectivity index (χ2v) is 9.76. The summed E-state index contributed by atoms with van der Waals surface area (Å²) in [5, 5.41) is 2.86. The third-order valence-electron chi connectivity index (χ3n) is 5.62. The molecule has 2 aromatic carbocycles. The van der Waals surface area contributed by atoms with Crippen molar-refractivity contribution in [2.75, 3.05) is 35.0 Å². The summed E-state index contributed by atoms with van der Waals surface area (Å²) in [5.74, 6) is -0.332. The van der Waals surface area contributed by atoms with Crippen molar-refractivity contribution in [3.63, 3.8) is 0 Å². The van der Waals surface area contributed by atoms with Crippen molar-refractivity contribution < 1.29 is 18.0 Å². The number of hydrogen-bond acceptors (Lipinski definition) is 4. The van der Waals surface area contributed by atoms with E-state index in [1.54, 1.807) is 36.4 Å². The number of sulfonamides is 1. The van der Waals surface area contributed by atoms with Gasteiger partial charge in [0.05, 0.1) is 22.7 Å². The number of anilines is 2. The molecule has 0 spiro atoms. The highest BCUT2D eigenvalue weighted by Gasteiger charge is 2.29. The fraction of sp³-hybridized carbons (Fsp3) is 0.364. The molecule has 30 heavy (non-hydrogen) atoms. The van der Waals surface area contributed by atoms with Gasteiger partial charge in [0.25, 0.3) is 11.8 Å². The van der Waals surface area contributed by atoms with Gasteiger partial charge in [-0.2, -0.15) is 0 Å². The number of likely N-dealkylation sites (tertiary alicyclic amines) is 1. The van der Waals surface area contributed by atoms with Crippen molar-refractivity contribution in [2.45, 2.75) is 26.2 Å². The zero-order valence-electron chi connectivity index (χ0n) is 16.9. The molecule has 1 N–H and O–H groups in total. The second-order valence-electron chi connectivity index (χ2n) is 7.74. The van der Waals surface area contributed by atoms with Crippen LogP contribution < -0.4 is 9.62 Å². The van der Waals surface area contributed by atoms with Gasteiger partial charge in [0.1, 0.15) is 0 Å². The van der Waals surface area contributed by atoms with Gasteiger partial charge in [-0.05, 0) is 56.0 Å². The van der Waals surface area contributed by atoms with E-state index in [4.69, 9.17) is 0 Å². The van der Waals surface area contributed by atoms with Gasteiger partial charge >= 0.3 is 0 Å². The van der Waals surface area contributed by atoms with E-state index >= 15 is 0 Å². The minimum absolute atomic E-state index is 0.0715. The topological polar surface area (TPSA) is 86.8 Å². The number of carbonyl (C=O) groups is 2. The molecule has 0 unspecified atom stereocenters. The number of amides is 2. The molecule has 0 radical (unpaired) electrons. The van der Waals surface area contributed by atoms with Crippen molar-refractivity contribution in [3.05, 3.63) is 59.2 Å². The summed E-state index contributed by atoms with van der Waals surface area (Å²) in [6.07, 6.45) is 2.56. The van der Waals surface area contributed by atoms with Crippen molar-refractivity contribution >= 4 is 33.2 Å². The lowest BCUT2D eigenvalue weighted by molar-refractivity contribution is 0.0793. The lowest BCUT2D eigenvalue weighted by Gasteiger charge is -2.20. The maximum atomic E-state index is 13.0. The Morgan fingerprint density at radius 3 is 2.40 bits per heavy atom. The van der Waals surface area contributed by atoms with Crippen molar-refractivity contribution in [1.29, 1.82) is 0 Å². The summed E-state index contributed by atoms with van der Waals surface area (Å²) in [7, 11) is -3.32. The third-order valence-corrected chi connectivity index (χ3v) is 7.49. The Morgan fingerprint density at radius 1 is 0.967 bits per heavy atom. The first-order valence-electron chi connectivity index (χ1n) is 10.2. The van der Waals surface area contributed by atoms with E-state index in [1.807, 2.05) is 17.9 Å². The molecule has 2 aliphatic rings. The molecule has 2 saturated heterocycles. The molecule has 8 heteroatoms. The molecule has 0 bridgehead atoms. The Bertz CT molecular complexity index is 1090. The summed E-state index contributed by atoms with van der Waals surface area (Å²) >= 11 is 0. The standard InChI is InChI=1S/C22H25N3O4S/c1-16-7-4-10-19(20(16)22(27)24-11-2-3-12-24)23-21(26)17-8-5-9-18(15-17)25-13-6-14-30(25,28)29/h4-5,7-10,15H,2-3,6,11-14H2,1H3,(H,23,26). The van der Waals surface area contributed by atoms with E-state index in [1.165, 1.54) is 4.31 Å². The van der Waals surface area contributed by atoms with Crippen molar-refractivity contribution in [3.8, 4) is 0 Å². The summed E-state index contributed by atoms with van der Waals surface area (Å²) in [6, 6.07) is 12.0. The molecule has 2 amide bonds. The molecule has 2 fully saturated rings. The molecule has 4 rings (SSSR count). The van der Waals surface area contributed by atoms with Gasteiger partial charge in [-0.15, -0.1) is 0 Å². The van der Waals surface area contributed by atoms with Gasteiger partial charge in [0, 0.05) is 25.2 Å². The Kier molecular flexibility index (Phi) is 5.51. The van der Waals surface area contributed by atoms with E-state index in [2.05, 4.69) is 5.32 Å². The third kappa shape index (κ3) is 3.92. The van der Waals surface area contributed by atoms with Crippen molar-refractivity contribution in [2.24, 2.45) is 0 Å². The molecule has 0 atom stereocenters. The van der Waals surface area contributed by atoms with Crippen molar-refractivity contribution in [1.82, 2.24) is 4.90 Å². The SMILES string of the molecule is Cc1cccc(NC(=O)c2cccc(N3CCCS3(=O)=O)c2)c1C(=O)N1CCCC1. The highest BCUT2D eigenvalue weighted by Crippen LogP contribution is 2.27. The fourth-order valence-corrected chi connectivity index (χ4v) is 5.62. The normalized spacial score (nSPS) is 17.9. The Labute approximate surface area is 176 Å². The van der Waals surface area contributed by atoms with E-state index in [9.17, 15) is 18.0 Å². The van der Waals surface area contributed by atoms with E-state index in [-0.39, 0.29) is 17.6 Å². The molecule has 2 aliphatic heterocycles. The maximum Gasteiger partial charge on any atom is 0.256 e. The molecule has 0 saturated carbocycles. The highest BCUT2D eigenvalue weighted by molar-refractivity contribution is 7.93. The number of carbonyl (C=O) groups excluding carboxylic acids is 2. The van der Waals surface area contributed by atoms with Gasteiger partial charge in [-0.3, -0.25) is 13.9 Å².